The van der Waals surface area contributed by atoms with E-state index in [1.807, 2.05) is 29.8 Å². The van der Waals surface area contributed by atoms with Crippen molar-refractivity contribution in [2.75, 3.05) is 6.54 Å². The lowest BCUT2D eigenvalue weighted by atomic mass is 10.0. The van der Waals surface area contributed by atoms with Crippen molar-refractivity contribution in [2.45, 2.75) is 6.42 Å². The van der Waals surface area contributed by atoms with Crippen LogP contribution in [0.25, 0.3) is 10.9 Å². The second-order valence-electron chi connectivity index (χ2n) is 4.05. The highest BCUT2D eigenvalue weighted by Crippen LogP contribution is 2.29. The highest BCUT2D eigenvalue weighted by molar-refractivity contribution is 6.31. The summed E-state index contributed by atoms with van der Waals surface area (Å²) >= 11 is 5.98. The molecule has 0 saturated heterocycles. The summed E-state index contributed by atoms with van der Waals surface area (Å²) in [7, 11) is 1.91. The number of carbonyl (C=O) groups excluding carboxylic acids is 1. The van der Waals surface area contributed by atoms with E-state index in [1.54, 1.807) is 0 Å². The van der Waals surface area contributed by atoms with Gasteiger partial charge in [-0.15, -0.1) is 0 Å². The Kier molecular flexibility index (Phi) is 1.98. The van der Waals surface area contributed by atoms with Gasteiger partial charge < -0.3 is 9.88 Å². The molecule has 0 bridgehead atoms. The molecule has 2 heterocycles. The van der Waals surface area contributed by atoms with Gasteiger partial charge in [0.25, 0.3) is 5.91 Å². The first kappa shape index (κ1) is 9.73. The molecule has 0 fully saturated rings. The number of nitrogens with one attached hydrogen (secondary N) is 1. The number of rotatable bonds is 0. The quantitative estimate of drug-likeness (QED) is 0.745. The van der Waals surface area contributed by atoms with Crippen LogP contribution in [0, 0.1) is 0 Å². The summed E-state index contributed by atoms with van der Waals surface area (Å²) in [6, 6.07) is 5.77. The standard InChI is InChI=1S/C12H11ClN2O/c1-15-10-6-7(13)2-3-8(10)9-4-5-14-12(16)11(9)15/h2-3,6H,4-5H2,1H3,(H,14,16). The first-order valence-electron chi connectivity index (χ1n) is 5.23. The van der Waals surface area contributed by atoms with Gasteiger partial charge in [-0.3, -0.25) is 4.79 Å². The number of amides is 1. The second-order valence-corrected chi connectivity index (χ2v) is 4.49. The van der Waals surface area contributed by atoms with Gasteiger partial charge in [-0.05, 0) is 24.1 Å². The van der Waals surface area contributed by atoms with Gasteiger partial charge in [-0.1, -0.05) is 17.7 Å². The number of aromatic nitrogens is 1. The SMILES string of the molecule is Cn1c2c(c3ccc(Cl)cc31)CCNC2=O. The molecule has 1 amide bonds. The molecule has 1 aromatic carbocycles. The third-order valence-electron chi connectivity index (χ3n) is 3.14. The van der Waals surface area contributed by atoms with E-state index < -0.39 is 0 Å². The van der Waals surface area contributed by atoms with Gasteiger partial charge in [0.05, 0.1) is 5.52 Å². The number of benzene rings is 1. The zero-order valence-corrected chi connectivity index (χ0v) is 9.64. The lowest BCUT2D eigenvalue weighted by Crippen LogP contribution is -2.32. The van der Waals surface area contributed by atoms with Gasteiger partial charge in [-0.25, -0.2) is 0 Å². The maximum absolute atomic E-state index is 11.8. The van der Waals surface area contributed by atoms with Gasteiger partial charge in [0.1, 0.15) is 5.69 Å². The summed E-state index contributed by atoms with van der Waals surface area (Å²) in [6.07, 6.45) is 0.889. The third kappa shape index (κ3) is 1.18. The molecule has 0 unspecified atom stereocenters. The van der Waals surface area contributed by atoms with Crippen molar-refractivity contribution in [1.82, 2.24) is 9.88 Å². The van der Waals surface area contributed by atoms with Crippen LogP contribution in [-0.4, -0.2) is 17.0 Å². The van der Waals surface area contributed by atoms with Crippen LogP contribution in [0.1, 0.15) is 16.1 Å². The van der Waals surface area contributed by atoms with E-state index in [-0.39, 0.29) is 5.91 Å². The lowest BCUT2D eigenvalue weighted by Gasteiger charge is -2.13. The highest BCUT2D eigenvalue weighted by atomic mass is 35.5. The van der Waals surface area contributed by atoms with Crippen LogP contribution in [0.5, 0.6) is 0 Å². The van der Waals surface area contributed by atoms with Crippen LogP contribution in [0.3, 0.4) is 0 Å². The number of halogens is 1. The van der Waals surface area contributed by atoms with E-state index in [2.05, 4.69) is 5.32 Å². The molecule has 0 aliphatic carbocycles. The third-order valence-corrected chi connectivity index (χ3v) is 3.38. The molecule has 0 spiro atoms. The minimum absolute atomic E-state index is 0.0103. The van der Waals surface area contributed by atoms with Crippen molar-refractivity contribution in [3.05, 3.63) is 34.5 Å². The number of hydrogen-bond acceptors (Lipinski definition) is 1. The number of nitrogens with zero attached hydrogens (tertiary/aromatic N) is 1. The summed E-state index contributed by atoms with van der Waals surface area (Å²) in [5.41, 5.74) is 2.93. The van der Waals surface area contributed by atoms with Crippen molar-refractivity contribution < 1.29 is 4.79 Å². The van der Waals surface area contributed by atoms with Crippen LogP contribution < -0.4 is 5.32 Å². The Hall–Kier alpha value is -1.48. The van der Waals surface area contributed by atoms with Crippen molar-refractivity contribution in [2.24, 2.45) is 7.05 Å². The topological polar surface area (TPSA) is 34.0 Å². The second kappa shape index (κ2) is 3.25. The maximum Gasteiger partial charge on any atom is 0.268 e. The van der Waals surface area contributed by atoms with Crippen LogP contribution in [0.15, 0.2) is 18.2 Å². The molecule has 2 aromatic rings. The molecule has 3 nitrogen and oxygen atoms in total. The fourth-order valence-electron chi connectivity index (χ4n) is 2.42. The summed E-state index contributed by atoms with van der Waals surface area (Å²) in [6.45, 7) is 0.716. The fourth-order valence-corrected chi connectivity index (χ4v) is 2.58. The molecular weight excluding hydrogens is 224 g/mol. The smallest absolute Gasteiger partial charge is 0.268 e. The molecule has 1 aliphatic heterocycles. The fraction of sp³-hybridized carbons (Fsp3) is 0.250. The molecule has 1 N–H and O–H groups in total. The van der Waals surface area contributed by atoms with E-state index in [0.717, 1.165) is 28.6 Å². The summed E-state index contributed by atoms with van der Waals surface area (Å²) in [5.74, 6) is 0.0103. The zero-order valence-electron chi connectivity index (χ0n) is 8.88. The minimum atomic E-state index is 0.0103. The molecule has 0 atom stereocenters. The predicted octanol–water partition coefficient (Wildman–Crippen LogP) is 2.12. The van der Waals surface area contributed by atoms with Crippen molar-refractivity contribution >= 4 is 28.4 Å². The van der Waals surface area contributed by atoms with Gasteiger partial charge >= 0.3 is 0 Å². The molecule has 3 rings (SSSR count). The predicted molar refractivity (Wildman–Crippen MR) is 64.0 cm³/mol. The average molecular weight is 235 g/mol. The summed E-state index contributed by atoms with van der Waals surface area (Å²) in [4.78, 5) is 11.8. The van der Waals surface area contributed by atoms with Crippen LogP contribution in [0.4, 0.5) is 0 Å². The van der Waals surface area contributed by atoms with Gasteiger partial charge in [0, 0.05) is 24.0 Å². The number of fused-ring (bicyclic) bond motifs is 3. The van der Waals surface area contributed by atoms with Crippen molar-refractivity contribution in [1.29, 1.82) is 0 Å². The van der Waals surface area contributed by atoms with E-state index >= 15 is 0 Å². The Labute approximate surface area is 98.0 Å². The van der Waals surface area contributed by atoms with Crippen LogP contribution in [-0.2, 0) is 13.5 Å². The first-order valence-corrected chi connectivity index (χ1v) is 5.61. The van der Waals surface area contributed by atoms with Crippen LogP contribution in [0.2, 0.25) is 5.02 Å². The number of hydrogen-bond donors (Lipinski definition) is 1. The van der Waals surface area contributed by atoms with E-state index in [1.165, 1.54) is 0 Å². The van der Waals surface area contributed by atoms with Gasteiger partial charge in [0.15, 0.2) is 0 Å². The maximum atomic E-state index is 11.8. The lowest BCUT2D eigenvalue weighted by molar-refractivity contribution is 0.0938. The summed E-state index contributed by atoms with van der Waals surface area (Å²) in [5, 5.41) is 4.70. The Morgan fingerprint density at radius 1 is 1.44 bits per heavy atom. The van der Waals surface area contributed by atoms with E-state index in [4.69, 9.17) is 11.6 Å². The number of carbonyl (C=O) groups is 1. The summed E-state index contributed by atoms with van der Waals surface area (Å²) < 4.78 is 1.92. The molecule has 4 heteroatoms. The highest BCUT2D eigenvalue weighted by Gasteiger charge is 2.23. The van der Waals surface area contributed by atoms with Gasteiger partial charge in [-0.2, -0.15) is 0 Å². The normalized spacial score (nSPS) is 15.0. The molecular formula is C12H11ClN2O. The van der Waals surface area contributed by atoms with Crippen LogP contribution >= 0.6 is 11.6 Å². The molecule has 1 aliphatic rings. The van der Waals surface area contributed by atoms with Crippen molar-refractivity contribution in [3.8, 4) is 0 Å². The molecule has 1 aromatic heterocycles. The Morgan fingerprint density at radius 2 is 2.25 bits per heavy atom. The van der Waals surface area contributed by atoms with E-state index in [9.17, 15) is 4.79 Å². The van der Waals surface area contributed by atoms with E-state index in [0.29, 0.717) is 11.6 Å². The first-order chi connectivity index (χ1) is 7.68. The largest absolute Gasteiger partial charge is 0.350 e. The molecule has 16 heavy (non-hydrogen) atoms. The Morgan fingerprint density at radius 3 is 3.06 bits per heavy atom. The number of aryl methyl sites for hydroxylation is 1. The molecule has 0 saturated carbocycles. The van der Waals surface area contributed by atoms with Crippen molar-refractivity contribution in [3.63, 3.8) is 0 Å². The zero-order chi connectivity index (χ0) is 11.3. The Bertz CT molecular complexity index is 601. The molecule has 0 radical (unpaired) electrons. The minimum Gasteiger partial charge on any atom is -0.350 e. The van der Waals surface area contributed by atoms with Gasteiger partial charge in [0.2, 0.25) is 0 Å². The average Bonchev–Trinajstić information content (AvgIpc) is 2.54. The molecule has 82 valence electrons. The Balaban J connectivity index is 2.43. The monoisotopic (exact) mass is 234 g/mol.